The van der Waals surface area contributed by atoms with Gasteiger partial charge in [0.15, 0.2) is 0 Å². The second-order valence-corrected chi connectivity index (χ2v) is 5.24. The van der Waals surface area contributed by atoms with Crippen molar-refractivity contribution in [2.75, 3.05) is 13.6 Å². The Bertz CT molecular complexity index is 272. The molecule has 0 aliphatic carbocycles. The van der Waals surface area contributed by atoms with Crippen LogP contribution < -0.4 is 0 Å². The van der Waals surface area contributed by atoms with Gasteiger partial charge in [-0.15, -0.1) is 0 Å². The van der Waals surface area contributed by atoms with Crippen molar-refractivity contribution in [3.63, 3.8) is 0 Å². The zero-order valence-electron chi connectivity index (χ0n) is 12.9. The van der Waals surface area contributed by atoms with E-state index in [1.807, 2.05) is 0 Å². The molecule has 0 aromatic rings. The molecule has 0 radical (unpaired) electrons. The van der Waals surface area contributed by atoms with Crippen LogP contribution in [0, 0.1) is 0 Å². The summed E-state index contributed by atoms with van der Waals surface area (Å²) in [5.41, 5.74) is 0. The van der Waals surface area contributed by atoms with Crippen LogP contribution in [0.3, 0.4) is 0 Å². The van der Waals surface area contributed by atoms with Crippen LogP contribution in [0.2, 0.25) is 0 Å². The first-order valence-electron chi connectivity index (χ1n) is 7.69. The Morgan fingerprint density at radius 3 is 1.86 bits per heavy atom. The van der Waals surface area contributed by atoms with Crippen molar-refractivity contribution in [1.82, 2.24) is 5.06 Å². The fraction of sp³-hybridized carbons (Fsp3) is 0.867. The average Bonchev–Trinajstić information content (AvgIpc) is 2.35. The maximum absolute atomic E-state index is 11.3. The summed E-state index contributed by atoms with van der Waals surface area (Å²) >= 11 is 0. The quantitative estimate of drug-likeness (QED) is 0.197. The second-order valence-electron chi connectivity index (χ2n) is 5.24. The summed E-state index contributed by atoms with van der Waals surface area (Å²) in [7, 11) is 1.33. The fourth-order valence-corrected chi connectivity index (χ4v) is 1.98. The maximum atomic E-state index is 11.3. The number of esters is 2. The molecule has 0 fully saturated rings. The van der Waals surface area contributed by atoms with Gasteiger partial charge in [0.2, 0.25) is 0 Å². The van der Waals surface area contributed by atoms with Gasteiger partial charge >= 0.3 is 41.5 Å². The molecule has 0 amide bonds. The molecule has 0 rings (SSSR count). The Balaban J connectivity index is 0. The van der Waals surface area contributed by atoms with E-state index in [1.54, 1.807) is 0 Å². The van der Waals surface area contributed by atoms with Crippen LogP contribution in [0.4, 0.5) is 0 Å². The van der Waals surface area contributed by atoms with E-state index in [4.69, 9.17) is 5.21 Å². The topological polar surface area (TPSA) is 66.8 Å². The number of carbonyl (C=O) groups excluding carboxylic acids is 2. The molecule has 0 atom stereocenters. The van der Waals surface area contributed by atoms with E-state index in [2.05, 4.69) is 11.7 Å². The Hall–Kier alpha value is 0.0600. The normalized spacial score (nSPS) is 10.3. The first-order valence-corrected chi connectivity index (χ1v) is 7.69. The number of likely N-dealkylation sites (N-methyl/N-ethyl adjacent to an activating group) is 1. The molecule has 120 valence electrons. The molecule has 0 bridgehead atoms. The van der Waals surface area contributed by atoms with E-state index >= 15 is 0 Å². The van der Waals surface area contributed by atoms with Crippen LogP contribution in [0.5, 0.6) is 0 Å². The zero-order chi connectivity index (χ0) is 15.2. The number of carbonyl (C=O) groups is 2. The van der Waals surface area contributed by atoms with Crippen molar-refractivity contribution in [3.05, 3.63) is 0 Å². The first kappa shape index (κ1) is 23.3. The molecular formula is C15H30NNaO4. The van der Waals surface area contributed by atoms with Gasteiger partial charge in [0.25, 0.3) is 0 Å². The number of hydrogen-bond acceptors (Lipinski definition) is 5. The van der Waals surface area contributed by atoms with Crippen molar-refractivity contribution in [1.29, 1.82) is 0 Å². The Morgan fingerprint density at radius 1 is 0.905 bits per heavy atom. The molecule has 0 heterocycles. The number of nitrogens with zero attached hydrogens (tertiary/aromatic N) is 1. The van der Waals surface area contributed by atoms with Gasteiger partial charge in [-0.25, -0.2) is 0 Å². The fourth-order valence-electron chi connectivity index (χ4n) is 1.98. The van der Waals surface area contributed by atoms with Crippen molar-refractivity contribution < 1.29 is 19.5 Å². The van der Waals surface area contributed by atoms with Crippen molar-refractivity contribution >= 4 is 41.5 Å². The SMILES string of the molecule is CCCCCCCCCCCC(=O)OC(=O)CN(C)O.[NaH]. The molecule has 0 aliphatic heterocycles. The van der Waals surface area contributed by atoms with Crippen LogP contribution in [0.25, 0.3) is 0 Å². The number of hydroxylamine groups is 2. The molecule has 6 heteroatoms. The molecule has 0 saturated heterocycles. The van der Waals surface area contributed by atoms with Gasteiger partial charge < -0.3 is 9.94 Å². The average molecular weight is 311 g/mol. The number of unbranched alkanes of at least 4 members (excludes halogenated alkanes) is 8. The zero-order valence-corrected chi connectivity index (χ0v) is 12.9. The standard InChI is InChI=1S/C15H29NO4.Na.H/c1-3-4-5-6-7-8-9-10-11-12-14(17)20-15(18)13-16(2)19;;/h19H,3-13H2,1-2H3;;. The minimum atomic E-state index is -0.712. The van der Waals surface area contributed by atoms with Crippen LogP contribution in [-0.2, 0) is 14.3 Å². The molecule has 1 N–H and O–H groups in total. The first-order chi connectivity index (χ1) is 9.56. The monoisotopic (exact) mass is 311 g/mol. The van der Waals surface area contributed by atoms with Gasteiger partial charge in [-0.3, -0.25) is 9.59 Å². The molecule has 0 aromatic heterocycles. The molecule has 0 aliphatic rings. The third-order valence-corrected chi connectivity index (χ3v) is 3.07. The Kier molecular flexibility index (Phi) is 18.3. The molecule has 0 spiro atoms. The molecule has 21 heavy (non-hydrogen) atoms. The molecule has 0 saturated carbocycles. The van der Waals surface area contributed by atoms with E-state index in [0.717, 1.165) is 19.3 Å². The van der Waals surface area contributed by atoms with Gasteiger partial charge in [-0.1, -0.05) is 58.3 Å². The van der Waals surface area contributed by atoms with Crippen molar-refractivity contribution in [3.8, 4) is 0 Å². The van der Waals surface area contributed by atoms with E-state index < -0.39 is 11.9 Å². The van der Waals surface area contributed by atoms with E-state index in [0.29, 0.717) is 5.06 Å². The summed E-state index contributed by atoms with van der Waals surface area (Å²) in [6, 6.07) is 0. The van der Waals surface area contributed by atoms with Crippen LogP contribution in [-0.4, -0.2) is 65.4 Å². The van der Waals surface area contributed by atoms with Crippen molar-refractivity contribution in [2.24, 2.45) is 0 Å². The van der Waals surface area contributed by atoms with Gasteiger partial charge in [-0.05, 0) is 6.42 Å². The number of ether oxygens (including phenoxy) is 1. The molecule has 0 aromatic carbocycles. The van der Waals surface area contributed by atoms with Gasteiger partial charge in [0.05, 0.1) is 0 Å². The van der Waals surface area contributed by atoms with E-state index in [-0.39, 0.29) is 42.5 Å². The predicted molar refractivity (Wildman–Crippen MR) is 84.5 cm³/mol. The van der Waals surface area contributed by atoms with Gasteiger partial charge in [0.1, 0.15) is 6.54 Å². The predicted octanol–water partition coefficient (Wildman–Crippen LogP) is 2.65. The van der Waals surface area contributed by atoms with Crippen LogP contribution >= 0.6 is 0 Å². The van der Waals surface area contributed by atoms with Crippen molar-refractivity contribution in [2.45, 2.75) is 71.1 Å². The molecular weight excluding hydrogens is 281 g/mol. The summed E-state index contributed by atoms with van der Waals surface area (Å²) in [6.45, 7) is 1.92. The van der Waals surface area contributed by atoms with E-state index in [9.17, 15) is 9.59 Å². The number of hydrogen-bond donors (Lipinski definition) is 1. The van der Waals surface area contributed by atoms with Gasteiger partial charge in [0, 0.05) is 13.5 Å². The second kappa shape index (κ2) is 16.4. The summed E-state index contributed by atoms with van der Waals surface area (Å²) in [6.07, 6.45) is 10.9. The molecule has 0 unspecified atom stereocenters. The summed E-state index contributed by atoms with van der Waals surface area (Å²) in [4.78, 5) is 22.4. The Labute approximate surface area is 150 Å². The van der Waals surface area contributed by atoms with Crippen LogP contribution in [0.1, 0.15) is 71.1 Å². The summed E-state index contributed by atoms with van der Waals surface area (Å²) in [5.74, 6) is -1.21. The Morgan fingerprint density at radius 2 is 1.38 bits per heavy atom. The third kappa shape index (κ3) is 18.0. The molecule has 5 nitrogen and oxygen atoms in total. The third-order valence-electron chi connectivity index (χ3n) is 3.07. The van der Waals surface area contributed by atoms with E-state index in [1.165, 1.54) is 45.6 Å². The summed E-state index contributed by atoms with van der Waals surface area (Å²) in [5, 5.41) is 9.50. The van der Waals surface area contributed by atoms with Crippen LogP contribution in [0.15, 0.2) is 0 Å². The number of rotatable bonds is 12. The minimum absolute atomic E-state index is 0. The van der Waals surface area contributed by atoms with Gasteiger partial charge in [-0.2, -0.15) is 5.06 Å². The summed E-state index contributed by atoms with van der Waals surface area (Å²) < 4.78 is 4.55.